The molecule has 1 aromatic carbocycles. The molecule has 7 heteroatoms. The maximum absolute atomic E-state index is 12.6. The Morgan fingerprint density at radius 2 is 1.74 bits per heavy atom. The van der Waals surface area contributed by atoms with Crippen LogP contribution in [0, 0.1) is 5.92 Å². The largest absolute Gasteiger partial charge is 0.466 e. The van der Waals surface area contributed by atoms with Crippen molar-refractivity contribution in [3.63, 3.8) is 0 Å². The highest BCUT2D eigenvalue weighted by Gasteiger charge is 2.30. The molecule has 126 valence electrons. The van der Waals surface area contributed by atoms with Crippen LogP contribution in [0.2, 0.25) is 10.0 Å². The van der Waals surface area contributed by atoms with Crippen molar-refractivity contribution < 1.29 is 23.9 Å². The number of halogens is 2. The molecule has 1 aromatic rings. The van der Waals surface area contributed by atoms with E-state index >= 15 is 0 Å². The van der Waals surface area contributed by atoms with Crippen LogP contribution >= 0.6 is 23.2 Å². The fourth-order valence-electron chi connectivity index (χ4n) is 1.97. The Morgan fingerprint density at radius 1 is 1.09 bits per heavy atom. The molecule has 0 N–H and O–H groups in total. The van der Waals surface area contributed by atoms with Crippen LogP contribution in [-0.2, 0) is 19.1 Å². The van der Waals surface area contributed by atoms with Gasteiger partial charge in [-0.2, -0.15) is 0 Å². The molecule has 0 aromatic heterocycles. The van der Waals surface area contributed by atoms with Crippen LogP contribution in [0.1, 0.15) is 37.0 Å². The predicted octanol–water partition coefficient (Wildman–Crippen LogP) is 3.70. The van der Waals surface area contributed by atoms with Gasteiger partial charge in [-0.1, -0.05) is 23.2 Å². The van der Waals surface area contributed by atoms with Gasteiger partial charge < -0.3 is 9.47 Å². The van der Waals surface area contributed by atoms with Crippen LogP contribution in [0.5, 0.6) is 0 Å². The summed E-state index contributed by atoms with van der Waals surface area (Å²) in [6.45, 7) is 3.69. The minimum absolute atomic E-state index is 0.00451. The fraction of sp³-hybridized carbons (Fsp3) is 0.438. The molecule has 1 unspecified atom stereocenters. The van der Waals surface area contributed by atoms with Gasteiger partial charge in [0, 0.05) is 17.0 Å². The molecule has 0 fully saturated rings. The first-order valence-corrected chi connectivity index (χ1v) is 7.97. The number of ether oxygens (including phenoxy) is 2. The first kappa shape index (κ1) is 19.5. The number of Topliss-reactive ketones (excluding diaryl/α,β-unsaturated/α-hetero) is 1. The molecule has 0 spiro atoms. The Balaban J connectivity index is 2.96. The summed E-state index contributed by atoms with van der Waals surface area (Å²) in [6, 6.07) is 4.38. The summed E-state index contributed by atoms with van der Waals surface area (Å²) < 4.78 is 9.73. The van der Waals surface area contributed by atoms with Crippen LogP contribution in [0.25, 0.3) is 0 Å². The van der Waals surface area contributed by atoms with Crippen molar-refractivity contribution in [2.75, 3.05) is 13.2 Å². The number of rotatable bonds is 8. The molecule has 1 atom stereocenters. The van der Waals surface area contributed by atoms with Gasteiger partial charge in [0.05, 0.1) is 18.2 Å². The van der Waals surface area contributed by atoms with E-state index in [1.165, 1.54) is 18.2 Å². The summed E-state index contributed by atoms with van der Waals surface area (Å²) >= 11 is 11.8. The first-order valence-electron chi connectivity index (χ1n) is 7.22. The number of benzene rings is 1. The van der Waals surface area contributed by atoms with Gasteiger partial charge in [0.2, 0.25) is 0 Å². The molecule has 0 bridgehead atoms. The lowest BCUT2D eigenvalue weighted by molar-refractivity contribution is -0.147. The SMILES string of the molecule is CCOC(=O)CCC(C(=O)OCC)C(=O)c1ccc(Cl)cc1Cl. The quantitative estimate of drug-likeness (QED) is 0.401. The molecule has 0 saturated carbocycles. The zero-order valence-corrected chi connectivity index (χ0v) is 14.4. The zero-order chi connectivity index (χ0) is 17.4. The normalized spacial score (nSPS) is 11.7. The first-order chi connectivity index (χ1) is 10.9. The number of ketones is 1. The van der Waals surface area contributed by atoms with Crippen molar-refractivity contribution >= 4 is 40.9 Å². The van der Waals surface area contributed by atoms with E-state index in [0.29, 0.717) is 5.02 Å². The molecule has 23 heavy (non-hydrogen) atoms. The maximum Gasteiger partial charge on any atom is 0.316 e. The van der Waals surface area contributed by atoms with Gasteiger partial charge in [-0.05, 0) is 38.5 Å². The van der Waals surface area contributed by atoms with Crippen molar-refractivity contribution in [3.8, 4) is 0 Å². The summed E-state index contributed by atoms with van der Waals surface area (Å²) in [5.74, 6) is -2.78. The number of carbonyl (C=O) groups excluding carboxylic acids is 3. The molecule has 0 aliphatic rings. The molecular weight excluding hydrogens is 343 g/mol. The molecule has 0 saturated heterocycles. The zero-order valence-electron chi connectivity index (χ0n) is 12.9. The lowest BCUT2D eigenvalue weighted by Gasteiger charge is -2.15. The van der Waals surface area contributed by atoms with Crippen molar-refractivity contribution in [1.82, 2.24) is 0 Å². The highest BCUT2D eigenvalue weighted by Crippen LogP contribution is 2.25. The molecule has 5 nitrogen and oxygen atoms in total. The van der Waals surface area contributed by atoms with Crippen LogP contribution in [0.15, 0.2) is 18.2 Å². The number of esters is 2. The highest BCUT2D eigenvalue weighted by molar-refractivity contribution is 6.37. The molecule has 1 rings (SSSR count). The average molecular weight is 361 g/mol. The van der Waals surface area contributed by atoms with Gasteiger partial charge in [-0.3, -0.25) is 14.4 Å². The van der Waals surface area contributed by atoms with Crippen LogP contribution in [0.4, 0.5) is 0 Å². The topological polar surface area (TPSA) is 69.7 Å². The second kappa shape index (κ2) is 9.53. The van der Waals surface area contributed by atoms with E-state index in [2.05, 4.69) is 0 Å². The third kappa shape index (κ3) is 5.84. The number of carbonyl (C=O) groups is 3. The summed E-state index contributed by atoms with van der Waals surface area (Å²) in [5, 5.41) is 0.527. The fourth-order valence-corrected chi connectivity index (χ4v) is 2.47. The van der Waals surface area contributed by atoms with Gasteiger partial charge >= 0.3 is 11.9 Å². The van der Waals surface area contributed by atoms with E-state index in [9.17, 15) is 14.4 Å². The van der Waals surface area contributed by atoms with Crippen LogP contribution in [0.3, 0.4) is 0 Å². The average Bonchev–Trinajstić information content (AvgIpc) is 2.47. The van der Waals surface area contributed by atoms with E-state index in [1.54, 1.807) is 13.8 Å². The van der Waals surface area contributed by atoms with Gasteiger partial charge in [-0.25, -0.2) is 0 Å². The second-order valence-corrected chi connectivity index (χ2v) is 5.48. The lowest BCUT2D eigenvalue weighted by atomic mass is 9.93. The molecule has 0 aliphatic carbocycles. The molecular formula is C16H18Cl2O5. The van der Waals surface area contributed by atoms with Gasteiger partial charge in [0.1, 0.15) is 5.92 Å². The molecule has 0 amide bonds. The minimum Gasteiger partial charge on any atom is -0.466 e. The summed E-state index contributed by atoms with van der Waals surface area (Å²) in [4.78, 5) is 36.1. The number of hydrogen-bond acceptors (Lipinski definition) is 5. The van der Waals surface area contributed by atoms with E-state index in [-0.39, 0.29) is 36.6 Å². The predicted molar refractivity (Wildman–Crippen MR) is 86.8 cm³/mol. The third-order valence-electron chi connectivity index (χ3n) is 3.03. The summed E-state index contributed by atoms with van der Waals surface area (Å²) in [6.07, 6.45) is -0.0657. The third-order valence-corrected chi connectivity index (χ3v) is 3.57. The van der Waals surface area contributed by atoms with Gasteiger partial charge in [-0.15, -0.1) is 0 Å². The van der Waals surface area contributed by atoms with Crippen LogP contribution in [-0.4, -0.2) is 30.9 Å². The molecule has 0 aliphatic heterocycles. The summed E-state index contributed by atoms with van der Waals surface area (Å²) in [5.41, 5.74) is 0.165. The smallest absolute Gasteiger partial charge is 0.316 e. The molecule has 0 radical (unpaired) electrons. The maximum atomic E-state index is 12.6. The van der Waals surface area contributed by atoms with Gasteiger partial charge in [0.15, 0.2) is 5.78 Å². The van der Waals surface area contributed by atoms with Gasteiger partial charge in [0.25, 0.3) is 0 Å². The second-order valence-electron chi connectivity index (χ2n) is 4.64. The van der Waals surface area contributed by atoms with Crippen molar-refractivity contribution in [2.24, 2.45) is 5.92 Å². The molecule has 0 heterocycles. The number of hydrogen-bond donors (Lipinski definition) is 0. The summed E-state index contributed by atoms with van der Waals surface area (Å²) in [7, 11) is 0. The van der Waals surface area contributed by atoms with E-state index < -0.39 is 23.6 Å². The van der Waals surface area contributed by atoms with Crippen LogP contribution < -0.4 is 0 Å². The minimum atomic E-state index is -1.11. The lowest BCUT2D eigenvalue weighted by Crippen LogP contribution is -2.27. The van der Waals surface area contributed by atoms with Crippen molar-refractivity contribution in [2.45, 2.75) is 26.7 Å². The highest BCUT2D eigenvalue weighted by atomic mass is 35.5. The van der Waals surface area contributed by atoms with E-state index in [1.807, 2.05) is 0 Å². The Morgan fingerprint density at radius 3 is 2.30 bits per heavy atom. The Hall–Kier alpha value is -1.59. The standard InChI is InChI=1S/C16H18Cl2O5/c1-3-22-14(19)8-7-12(16(21)23-4-2)15(20)11-6-5-10(17)9-13(11)18/h5-6,9,12H,3-4,7-8H2,1-2H3. The monoisotopic (exact) mass is 360 g/mol. The Bertz CT molecular complexity index is 586. The van der Waals surface area contributed by atoms with E-state index in [0.717, 1.165) is 0 Å². The van der Waals surface area contributed by atoms with Crippen molar-refractivity contribution in [3.05, 3.63) is 33.8 Å². The van der Waals surface area contributed by atoms with Crippen molar-refractivity contribution in [1.29, 1.82) is 0 Å². The van der Waals surface area contributed by atoms with E-state index in [4.69, 9.17) is 32.7 Å². The Labute approximate surface area is 144 Å². The Kier molecular flexibility index (Phi) is 8.06.